The van der Waals surface area contributed by atoms with E-state index in [1.165, 1.54) is 0 Å². The van der Waals surface area contributed by atoms with Crippen molar-refractivity contribution in [2.24, 2.45) is 0 Å². The van der Waals surface area contributed by atoms with Gasteiger partial charge in [0.1, 0.15) is 28.0 Å². The van der Waals surface area contributed by atoms with Gasteiger partial charge in [0.25, 0.3) is 0 Å². The van der Waals surface area contributed by atoms with Gasteiger partial charge >= 0.3 is 0 Å². The lowest BCUT2D eigenvalue weighted by molar-refractivity contribution is 0.397. The molecule has 0 N–H and O–H groups in total. The van der Waals surface area contributed by atoms with Gasteiger partial charge in [-0.3, -0.25) is 9.38 Å². The van der Waals surface area contributed by atoms with E-state index in [-0.39, 0.29) is 0 Å². The summed E-state index contributed by atoms with van der Waals surface area (Å²) in [6.07, 6.45) is 7.95. The molecule has 0 unspecified atom stereocenters. The minimum Gasteiger partial charge on any atom is -0.496 e. The maximum atomic E-state index is 6.24. The highest BCUT2D eigenvalue weighted by molar-refractivity contribution is 7.98. The SMILES string of the molecule is CCCN(CCC)c1c(SC)nc2c(-c3c(OC)cc(Cl)cc3OC)nccn12. The molecule has 156 valence electrons. The maximum absolute atomic E-state index is 6.24. The first-order valence-electron chi connectivity index (χ1n) is 9.67. The van der Waals surface area contributed by atoms with Gasteiger partial charge in [0.2, 0.25) is 0 Å². The van der Waals surface area contributed by atoms with Crippen molar-refractivity contribution in [3.63, 3.8) is 0 Å². The van der Waals surface area contributed by atoms with Crippen molar-refractivity contribution < 1.29 is 9.47 Å². The van der Waals surface area contributed by atoms with E-state index in [2.05, 4.69) is 34.4 Å². The Balaban J connectivity index is 2.31. The number of ether oxygens (including phenoxy) is 2. The summed E-state index contributed by atoms with van der Waals surface area (Å²) in [5.74, 6) is 2.31. The lowest BCUT2D eigenvalue weighted by Crippen LogP contribution is -2.26. The summed E-state index contributed by atoms with van der Waals surface area (Å²) in [5.41, 5.74) is 2.21. The number of anilines is 1. The first-order chi connectivity index (χ1) is 14.1. The maximum Gasteiger partial charge on any atom is 0.166 e. The van der Waals surface area contributed by atoms with Crippen LogP contribution >= 0.6 is 23.4 Å². The van der Waals surface area contributed by atoms with Crippen molar-refractivity contribution in [2.45, 2.75) is 31.7 Å². The van der Waals surface area contributed by atoms with E-state index in [4.69, 9.17) is 26.1 Å². The number of imidazole rings is 1. The number of hydrogen-bond acceptors (Lipinski definition) is 6. The summed E-state index contributed by atoms with van der Waals surface area (Å²) < 4.78 is 13.3. The van der Waals surface area contributed by atoms with E-state index in [1.807, 2.05) is 6.20 Å². The van der Waals surface area contributed by atoms with Crippen molar-refractivity contribution in [1.82, 2.24) is 14.4 Å². The molecule has 1 aromatic carbocycles. The standard InChI is InChI=1S/C21H27ClN4O2S/c1-6-9-25(10-7-2)21-20(29-5)24-19-18(23-8-11-26(19)21)17-15(27-3)12-14(22)13-16(17)28-4/h8,11-13H,6-7,9-10H2,1-5H3. The van der Waals surface area contributed by atoms with Crippen molar-refractivity contribution in [3.05, 3.63) is 29.5 Å². The summed E-state index contributed by atoms with van der Waals surface area (Å²) in [6, 6.07) is 3.54. The summed E-state index contributed by atoms with van der Waals surface area (Å²) >= 11 is 7.88. The minimum absolute atomic E-state index is 0.542. The van der Waals surface area contributed by atoms with Crippen molar-refractivity contribution in [2.75, 3.05) is 38.5 Å². The molecule has 2 aromatic heterocycles. The predicted octanol–water partition coefficient (Wildman–Crippen LogP) is 5.42. The monoisotopic (exact) mass is 434 g/mol. The zero-order valence-corrected chi connectivity index (χ0v) is 19.1. The molecule has 3 rings (SSSR count). The first kappa shape index (κ1) is 21.6. The topological polar surface area (TPSA) is 51.9 Å². The van der Waals surface area contributed by atoms with Gasteiger partial charge in [-0.2, -0.15) is 0 Å². The lowest BCUT2D eigenvalue weighted by atomic mass is 10.1. The van der Waals surface area contributed by atoms with Crippen LogP contribution in [-0.4, -0.2) is 47.9 Å². The fraction of sp³-hybridized carbons (Fsp3) is 0.429. The van der Waals surface area contributed by atoms with Gasteiger partial charge in [-0.1, -0.05) is 25.4 Å². The zero-order chi connectivity index (χ0) is 21.0. The molecule has 0 aliphatic rings. The average molecular weight is 435 g/mol. The van der Waals surface area contributed by atoms with E-state index in [0.29, 0.717) is 22.2 Å². The highest BCUT2D eigenvalue weighted by Crippen LogP contribution is 2.42. The smallest absolute Gasteiger partial charge is 0.166 e. The molecule has 0 amide bonds. The summed E-state index contributed by atoms with van der Waals surface area (Å²) in [6.45, 7) is 6.34. The van der Waals surface area contributed by atoms with Crippen LogP contribution in [-0.2, 0) is 0 Å². The molecule has 0 saturated carbocycles. The number of nitrogens with zero attached hydrogens (tertiary/aromatic N) is 4. The zero-order valence-electron chi connectivity index (χ0n) is 17.5. The van der Waals surface area contributed by atoms with Gasteiger partial charge in [0.15, 0.2) is 5.65 Å². The quantitative estimate of drug-likeness (QED) is 0.419. The minimum atomic E-state index is 0.542. The van der Waals surface area contributed by atoms with Crippen LogP contribution in [0.1, 0.15) is 26.7 Å². The number of thioether (sulfide) groups is 1. The molecule has 0 radical (unpaired) electrons. The highest BCUT2D eigenvalue weighted by atomic mass is 35.5. The third-order valence-electron chi connectivity index (χ3n) is 4.67. The predicted molar refractivity (Wildman–Crippen MR) is 121 cm³/mol. The molecule has 2 heterocycles. The van der Waals surface area contributed by atoms with E-state index in [0.717, 1.165) is 48.0 Å². The molecule has 29 heavy (non-hydrogen) atoms. The van der Waals surface area contributed by atoms with Crippen molar-refractivity contribution in [3.8, 4) is 22.8 Å². The molecule has 8 heteroatoms. The Kier molecular flexibility index (Phi) is 7.14. The van der Waals surface area contributed by atoms with Crippen LogP contribution in [0.2, 0.25) is 5.02 Å². The van der Waals surface area contributed by atoms with Crippen LogP contribution in [0.4, 0.5) is 5.82 Å². The Morgan fingerprint density at radius 2 is 1.72 bits per heavy atom. The van der Waals surface area contributed by atoms with Gasteiger partial charge in [-0.05, 0) is 31.2 Å². The van der Waals surface area contributed by atoms with E-state index in [9.17, 15) is 0 Å². The number of fused-ring (bicyclic) bond motifs is 1. The number of methoxy groups -OCH3 is 2. The summed E-state index contributed by atoms with van der Waals surface area (Å²) in [7, 11) is 3.23. The number of halogens is 1. The van der Waals surface area contributed by atoms with Crippen LogP contribution in [0.3, 0.4) is 0 Å². The molecule has 0 bridgehead atoms. The molecule has 0 atom stereocenters. The number of aromatic nitrogens is 3. The molecular weight excluding hydrogens is 408 g/mol. The van der Waals surface area contributed by atoms with Gasteiger partial charge in [0, 0.05) is 30.5 Å². The van der Waals surface area contributed by atoms with Gasteiger partial charge < -0.3 is 14.4 Å². The Morgan fingerprint density at radius 3 is 2.24 bits per heavy atom. The number of benzene rings is 1. The fourth-order valence-corrected chi connectivity index (χ4v) is 4.31. The van der Waals surface area contributed by atoms with Gasteiger partial charge in [0.05, 0.1) is 19.8 Å². The second-order valence-corrected chi connectivity index (χ2v) is 7.82. The van der Waals surface area contributed by atoms with Crippen LogP contribution in [0, 0.1) is 0 Å². The van der Waals surface area contributed by atoms with Crippen molar-refractivity contribution >= 4 is 34.8 Å². The van der Waals surface area contributed by atoms with Gasteiger partial charge in [-0.15, -0.1) is 11.8 Å². The average Bonchev–Trinajstić information content (AvgIpc) is 3.11. The van der Waals surface area contributed by atoms with E-state index >= 15 is 0 Å². The first-order valence-corrected chi connectivity index (χ1v) is 11.3. The molecule has 6 nitrogen and oxygen atoms in total. The largest absolute Gasteiger partial charge is 0.496 e. The Morgan fingerprint density at radius 1 is 1.10 bits per heavy atom. The Bertz CT molecular complexity index is 961. The second-order valence-electron chi connectivity index (χ2n) is 6.59. The summed E-state index contributed by atoms with van der Waals surface area (Å²) in [4.78, 5) is 12.0. The molecular formula is C21H27ClN4O2S. The molecule has 0 fully saturated rings. The van der Waals surface area contributed by atoms with E-state index in [1.54, 1.807) is 44.3 Å². The van der Waals surface area contributed by atoms with Crippen LogP contribution < -0.4 is 14.4 Å². The molecule has 0 saturated heterocycles. The Labute approximate surface area is 181 Å². The second kappa shape index (κ2) is 9.59. The van der Waals surface area contributed by atoms with E-state index < -0.39 is 0 Å². The van der Waals surface area contributed by atoms with Crippen LogP contribution in [0.25, 0.3) is 16.9 Å². The number of hydrogen-bond donors (Lipinski definition) is 0. The van der Waals surface area contributed by atoms with Gasteiger partial charge in [-0.25, -0.2) is 4.98 Å². The normalized spacial score (nSPS) is 11.1. The third kappa shape index (κ3) is 4.12. The van der Waals surface area contributed by atoms with Crippen molar-refractivity contribution in [1.29, 1.82) is 0 Å². The number of rotatable bonds is 9. The molecule has 0 aliphatic carbocycles. The highest BCUT2D eigenvalue weighted by Gasteiger charge is 2.24. The lowest BCUT2D eigenvalue weighted by Gasteiger charge is -2.24. The summed E-state index contributed by atoms with van der Waals surface area (Å²) in [5, 5.41) is 1.52. The molecule has 0 aliphatic heterocycles. The van der Waals surface area contributed by atoms with Crippen LogP contribution in [0.15, 0.2) is 29.6 Å². The van der Waals surface area contributed by atoms with Crippen LogP contribution in [0.5, 0.6) is 11.5 Å². The third-order valence-corrected chi connectivity index (χ3v) is 5.55. The fourth-order valence-electron chi connectivity index (χ4n) is 3.52. The Hall–Kier alpha value is -2.12. The molecule has 3 aromatic rings. The molecule has 0 spiro atoms.